The third-order valence-electron chi connectivity index (χ3n) is 2.96. The minimum atomic E-state index is -0.492. The Morgan fingerprint density at radius 1 is 1.29 bits per heavy atom. The highest BCUT2D eigenvalue weighted by Gasteiger charge is 2.19. The van der Waals surface area contributed by atoms with Crippen molar-refractivity contribution in [3.05, 3.63) is 42.5 Å². The number of aromatic nitrogens is 5. The third kappa shape index (κ3) is 2.53. The fourth-order valence-corrected chi connectivity index (χ4v) is 2.02. The zero-order chi connectivity index (χ0) is 14.7. The molecular weight excluding hydrogens is 270 g/mol. The van der Waals surface area contributed by atoms with E-state index in [4.69, 9.17) is 4.74 Å². The minimum Gasteiger partial charge on any atom is -0.461 e. The van der Waals surface area contributed by atoms with Gasteiger partial charge in [0.2, 0.25) is 0 Å². The molecule has 2 aromatic heterocycles. The van der Waals surface area contributed by atoms with E-state index in [0.29, 0.717) is 12.3 Å². The SMILES string of the molecule is CCOC(=O)c1n[nH]nc1-c1cccc(-c2cnc[nH]2)c1. The lowest BCUT2D eigenvalue weighted by atomic mass is 10.1. The van der Waals surface area contributed by atoms with Crippen molar-refractivity contribution < 1.29 is 9.53 Å². The summed E-state index contributed by atoms with van der Waals surface area (Å²) < 4.78 is 4.97. The highest BCUT2D eigenvalue weighted by molar-refractivity contribution is 5.94. The van der Waals surface area contributed by atoms with Crippen LogP contribution in [0.5, 0.6) is 0 Å². The Morgan fingerprint density at radius 2 is 2.14 bits per heavy atom. The average molecular weight is 283 g/mol. The predicted octanol–water partition coefficient (Wildman–Crippen LogP) is 2.04. The first kappa shape index (κ1) is 13.0. The lowest BCUT2D eigenvalue weighted by molar-refractivity contribution is 0.0520. The second-order valence-electron chi connectivity index (χ2n) is 4.29. The van der Waals surface area contributed by atoms with Gasteiger partial charge in [-0.1, -0.05) is 18.2 Å². The fourth-order valence-electron chi connectivity index (χ4n) is 2.02. The molecule has 7 heteroatoms. The molecule has 0 amide bonds. The summed E-state index contributed by atoms with van der Waals surface area (Å²) in [4.78, 5) is 18.9. The van der Waals surface area contributed by atoms with Gasteiger partial charge < -0.3 is 9.72 Å². The van der Waals surface area contributed by atoms with Crippen molar-refractivity contribution >= 4 is 5.97 Å². The number of esters is 1. The van der Waals surface area contributed by atoms with Crippen LogP contribution in [0, 0.1) is 0 Å². The summed E-state index contributed by atoms with van der Waals surface area (Å²) >= 11 is 0. The van der Waals surface area contributed by atoms with Crippen LogP contribution in [0.25, 0.3) is 22.5 Å². The summed E-state index contributed by atoms with van der Waals surface area (Å²) in [5.41, 5.74) is 3.26. The number of carbonyl (C=O) groups is 1. The molecule has 0 atom stereocenters. The van der Waals surface area contributed by atoms with Gasteiger partial charge in [0.1, 0.15) is 5.69 Å². The van der Waals surface area contributed by atoms with E-state index in [0.717, 1.165) is 16.8 Å². The Hall–Kier alpha value is -2.96. The number of imidazole rings is 1. The number of carbonyl (C=O) groups excluding carboxylic acids is 1. The van der Waals surface area contributed by atoms with Crippen molar-refractivity contribution in [2.24, 2.45) is 0 Å². The number of H-pyrrole nitrogens is 2. The Kier molecular flexibility index (Phi) is 3.46. The topological polar surface area (TPSA) is 96.6 Å². The van der Waals surface area contributed by atoms with Crippen molar-refractivity contribution in [3.8, 4) is 22.5 Å². The number of ether oxygens (including phenoxy) is 1. The quantitative estimate of drug-likeness (QED) is 0.714. The zero-order valence-electron chi connectivity index (χ0n) is 11.3. The van der Waals surface area contributed by atoms with E-state index in [-0.39, 0.29) is 5.69 Å². The molecule has 0 aliphatic rings. The zero-order valence-corrected chi connectivity index (χ0v) is 11.3. The molecule has 2 N–H and O–H groups in total. The van der Waals surface area contributed by atoms with E-state index in [1.54, 1.807) is 19.4 Å². The van der Waals surface area contributed by atoms with E-state index in [9.17, 15) is 4.79 Å². The second-order valence-corrected chi connectivity index (χ2v) is 4.29. The van der Waals surface area contributed by atoms with Crippen LogP contribution in [0.4, 0.5) is 0 Å². The third-order valence-corrected chi connectivity index (χ3v) is 2.96. The molecule has 2 heterocycles. The maximum absolute atomic E-state index is 11.9. The van der Waals surface area contributed by atoms with Gasteiger partial charge in [-0.05, 0) is 13.0 Å². The highest BCUT2D eigenvalue weighted by atomic mass is 16.5. The Balaban J connectivity index is 2.00. The summed E-state index contributed by atoms with van der Waals surface area (Å²) in [6.45, 7) is 2.04. The van der Waals surface area contributed by atoms with Crippen molar-refractivity contribution in [1.82, 2.24) is 25.4 Å². The molecule has 0 saturated heterocycles. The van der Waals surface area contributed by atoms with Crippen molar-refractivity contribution in [2.45, 2.75) is 6.92 Å². The van der Waals surface area contributed by atoms with Gasteiger partial charge in [0, 0.05) is 11.1 Å². The van der Waals surface area contributed by atoms with E-state index in [1.165, 1.54) is 0 Å². The monoisotopic (exact) mass is 283 g/mol. The molecule has 0 radical (unpaired) electrons. The first-order valence-corrected chi connectivity index (χ1v) is 6.46. The average Bonchev–Trinajstić information content (AvgIpc) is 3.19. The molecular formula is C14H13N5O2. The number of aromatic amines is 2. The number of hydrogen-bond acceptors (Lipinski definition) is 5. The van der Waals surface area contributed by atoms with E-state index in [2.05, 4.69) is 25.4 Å². The van der Waals surface area contributed by atoms with E-state index in [1.807, 2.05) is 24.3 Å². The molecule has 0 unspecified atom stereocenters. The summed E-state index contributed by atoms with van der Waals surface area (Å²) in [6.07, 6.45) is 3.34. The molecule has 1 aromatic carbocycles. The number of nitrogens with one attached hydrogen (secondary N) is 2. The first-order valence-electron chi connectivity index (χ1n) is 6.46. The number of rotatable bonds is 4. The van der Waals surface area contributed by atoms with E-state index < -0.39 is 5.97 Å². The van der Waals surface area contributed by atoms with Gasteiger partial charge in [-0.15, -0.1) is 5.10 Å². The van der Waals surface area contributed by atoms with Gasteiger partial charge >= 0.3 is 5.97 Å². The number of benzene rings is 1. The highest BCUT2D eigenvalue weighted by Crippen LogP contribution is 2.25. The van der Waals surface area contributed by atoms with E-state index >= 15 is 0 Å². The van der Waals surface area contributed by atoms with Crippen molar-refractivity contribution in [1.29, 1.82) is 0 Å². The summed E-state index contributed by atoms with van der Waals surface area (Å²) in [5.74, 6) is -0.492. The molecule has 3 rings (SSSR count). The van der Waals surface area contributed by atoms with Crippen LogP contribution in [0.1, 0.15) is 17.4 Å². The molecule has 0 aliphatic heterocycles. The van der Waals surface area contributed by atoms with Gasteiger partial charge in [-0.2, -0.15) is 10.3 Å². The standard InChI is InChI=1S/C14H13N5O2/c1-2-21-14(20)13-12(17-19-18-13)10-5-3-4-9(6-10)11-7-15-8-16-11/h3-8H,2H2,1H3,(H,15,16)(H,17,18,19). The maximum Gasteiger partial charge on any atom is 0.361 e. The molecule has 0 bridgehead atoms. The van der Waals surface area contributed by atoms with Crippen LogP contribution in [-0.2, 0) is 4.74 Å². The minimum absolute atomic E-state index is 0.179. The second kappa shape index (κ2) is 5.58. The molecule has 106 valence electrons. The van der Waals surface area contributed by atoms with Crippen LogP contribution in [-0.4, -0.2) is 38.0 Å². The molecule has 0 fully saturated rings. The summed E-state index contributed by atoms with van der Waals surface area (Å²) in [5, 5.41) is 10.4. The summed E-state index contributed by atoms with van der Waals surface area (Å²) in [7, 11) is 0. The van der Waals surface area contributed by atoms with Crippen LogP contribution in [0.3, 0.4) is 0 Å². The molecule has 0 spiro atoms. The first-order chi connectivity index (χ1) is 10.3. The number of nitrogens with zero attached hydrogens (tertiary/aromatic N) is 3. The Labute approximate surface area is 120 Å². The van der Waals surface area contributed by atoms with Gasteiger partial charge in [0.15, 0.2) is 5.69 Å². The lowest BCUT2D eigenvalue weighted by Crippen LogP contribution is -2.06. The fraction of sp³-hybridized carbons (Fsp3) is 0.143. The van der Waals surface area contributed by atoms with Gasteiger partial charge in [-0.3, -0.25) is 0 Å². The smallest absolute Gasteiger partial charge is 0.361 e. The Morgan fingerprint density at radius 3 is 2.90 bits per heavy atom. The van der Waals surface area contributed by atoms with Gasteiger partial charge in [0.25, 0.3) is 0 Å². The molecule has 3 aromatic rings. The lowest BCUT2D eigenvalue weighted by Gasteiger charge is -2.03. The van der Waals surface area contributed by atoms with Gasteiger partial charge in [0.05, 0.1) is 24.8 Å². The van der Waals surface area contributed by atoms with Gasteiger partial charge in [-0.25, -0.2) is 9.78 Å². The molecule has 21 heavy (non-hydrogen) atoms. The van der Waals surface area contributed by atoms with Crippen LogP contribution >= 0.6 is 0 Å². The molecule has 0 saturated carbocycles. The van der Waals surface area contributed by atoms with Crippen LogP contribution < -0.4 is 0 Å². The van der Waals surface area contributed by atoms with Crippen molar-refractivity contribution in [3.63, 3.8) is 0 Å². The normalized spacial score (nSPS) is 10.5. The molecule has 0 aliphatic carbocycles. The number of hydrogen-bond donors (Lipinski definition) is 2. The van der Waals surface area contributed by atoms with Crippen LogP contribution in [0.2, 0.25) is 0 Å². The van der Waals surface area contributed by atoms with Crippen LogP contribution in [0.15, 0.2) is 36.8 Å². The summed E-state index contributed by atoms with van der Waals surface area (Å²) in [6, 6.07) is 7.60. The Bertz CT molecular complexity index is 748. The van der Waals surface area contributed by atoms with Crippen molar-refractivity contribution in [2.75, 3.05) is 6.61 Å². The molecule has 7 nitrogen and oxygen atoms in total. The largest absolute Gasteiger partial charge is 0.461 e. The maximum atomic E-state index is 11.9. The predicted molar refractivity (Wildman–Crippen MR) is 75.4 cm³/mol.